The summed E-state index contributed by atoms with van der Waals surface area (Å²) in [6, 6.07) is 14.8. The number of alkyl halides is 2. The largest absolute Gasteiger partial charge is 0.270 e. The molecular weight excluding hydrogens is 254 g/mol. The molecule has 2 heteroatoms. The molecule has 0 atom stereocenters. The van der Waals surface area contributed by atoms with E-state index in [0.29, 0.717) is 0 Å². The Bertz CT molecular complexity index is 584. The SMILES string of the molecule is CC(C)(C)c1cccc(-c2ccc(C(C)(F)F)cc2)c1. The fraction of sp³-hybridized carbons (Fsp3) is 0.333. The van der Waals surface area contributed by atoms with Gasteiger partial charge in [0, 0.05) is 12.5 Å². The second-order valence-electron chi connectivity index (χ2n) is 6.30. The van der Waals surface area contributed by atoms with Crippen molar-refractivity contribution in [1.29, 1.82) is 0 Å². The van der Waals surface area contributed by atoms with E-state index in [2.05, 4.69) is 32.9 Å². The van der Waals surface area contributed by atoms with Crippen LogP contribution in [-0.2, 0) is 11.3 Å². The van der Waals surface area contributed by atoms with Crippen molar-refractivity contribution in [2.75, 3.05) is 0 Å². The van der Waals surface area contributed by atoms with Crippen molar-refractivity contribution in [3.63, 3.8) is 0 Å². The van der Waals surface area contributed by atoms with Gasteiger partial charge in [0.15, 0.2) is 0 Å². The van der Waals surface area contributed by atoms with Crippen LogP contribution in [0.15, 0.2) is 48.5 Å². The highest BCUT2D eigenvalue weighted by Crippen LogP contribution is 2.31. The van der Waals surface area contributed by atoms with Crippen LogP contribution in [0, 0.1) is 0 Å². The first-order valence-electron chi connectivity index (χ1n) is 6.77. The molecule has 0 heterocycles. The summed E-state index contributed by atoms with van der Waals surface area (Å²) in [5.74, 6) is -2.79. The molecule has 0 aliphatic carbocycles. The van der Waals surface area contributed by atoms with Gasteiger partial charge >= 0.3 is 0 Å². The lowest BCUT2D eigenvalue weighted by Crippen LogP contribution is -2.10. The highest BCUT2D eigenvalue weighted by Gasteiger charge is 2.23. The Hall–Kier alpha value is -1.70. The van der Waals surface area contributed by atoms with Crippen molar-refractivity contribution in [3.8, 4) is 11.1 Å². The van der Waals surface area contributed by atoms with E-state index < -0.39 is 5.92 Å². The minimum atomic E-state index is -2.79. The van der Waals surface area contributed by atoms with E-state index in [-0.39, 0.29) is 11.0 Å². The summed E-state index contributed by atoms with van der Waals surface area (Å²) in [7, 11) is 0. The van der Waals surface area contributed by atoms with Crippen molar-refractivity contribution in [1.82, 2.24) is 0 Å². The van der Waals surface area contributed by atoms with Gasteiger partial charge in [-0.2, -0.15) is 0 Å². The van der Waals surface area contributed by atoms with Crippen LogP contribution < -0.4 is 0 Å². The summed E-state index contributed by atoms with van der Waals surface area (Å²) in [4.78, 5) is 0. The van der Waals surface area contributed by atoms with Crippen LogP contribution in [-0.4, -0.2) is 0 Å². The quantitative estimate of drug-likeness (QED) is 0.652. The highest BCUT2D eigenvalue weighted by atomic mass is 19.3. The summed E-state index contributed by atoms with van der Waals surface area (Å²) >= 11 is 0. The maximum atomic E-state index is 13.2. The predicted octanol–water partition coefficient (Wildman–Crippen LogP) is 5.76. The fourth-order valence-electron chi connectivity index (χ4n) is 2.12. The molecule has 0 saturated carbocycles. The number of rotatable bonds is 2. The second kappa shape index (κ2) is 5.01. The summed E-state index contributed by atoms with van der Waals surface area (Å²) in [5.41, 5.74) is 3.38. The minimum Gasteiger partial charge on any atom is -0.202 e. The van der Waals surface area contributed by atoms with Crippen molar-refractivity contribution in [2.24, 2.45) is 0 Å². The highest BCUT2D eigenvalue weighted by molar-refractivity contribution is 5.65. The zero-order valence-electron chi connectivity index (χ0n) is 12.4. The van der Waals surface area contributed by atoms with Crippen LogP contribution in [0.1, 0.15) is 38.8 Å². The number of halogens is 2. The lowest BCUT2D eigenvalue weighted by Gasteiger charge is -2.20. The number of hydrogen-bond donors (Lipinski definition) is 0. The summed E-state index contributed by atoms with van der Waals surface area (Å²) in [5, 5.41) is 0. The lowest BCUT2D eigenvalue weighted by atomic mass is 9.85. The van der Waals surface area contributed by atoms with Gasteiger partial charge in [-0.15, -0.1) is 0 Å². The minimum absolute atomic E-state index is 0.0493. The van der Waals surface area contributed by atoms with Gasteiger partial charge in [0.05, 0.1) is 0 Å². The van der Waals surface area contributed by atoms with E-state index in [0.717, 1.165) is 18.1 Å². The molecule has 2 aromatic carbocycles. The van der Waals surface area contributed by atoms with Gasteiger partial charge in [0.1, 0.15) is 0 Å². The first kappa shape index (κ1) is 14.7. The van der Waals surface area contributed by atoms with Crippen molar-refractivity contribution in [2.45, 2.75) is 39.0 Å². The maximum absolute atomic E-state index is 13.2. The zero-order chi connectivity index (χ0) is 15.0. The summed E-state index contributed by atoms with van der Waals surface area (Å²) in [6.45, 7) is 7.40. The molecule has 0 amide bonds. The Morgan fingerprint density at radius 3 is 1.80 bits per heavy atom. The Morgan fingerprint density at radius 1 is 0.700 bits per heavy atom. The van der Waals surface area contributed by atoms with Crippen molar-refractivity contribution in [3.05, 3.63) is 59.7 Å². The third-order valence-electron chi connectivity index (χ3n) is 3.45. The van der Waals surface area contributed by atoms with Gasteiger partial charge in [0.25, 0.3) is 5.92 Å². The molecule has 106 valence electrons. The van der Waals surface area contributed by atoms with Gasteiger partial charge in [-0.05, 0) is 22.1 Å². The maximum Gasteiger partial charge on any atom is 0.270 e. The monoisotopic (exact) mass is 274 g/mol. The molecule has 2 rings (SSSR count). The average molecular weight is 274 g/mol. The van der Waals surface area contributed by atoms with Crippen LogP contribution >= 0.6 is 0 Å². The molecule has 0 spiro atoms. The second-order valence-corrected chi connectivity index (χ2v) is 6.30. The van der Waals surface area contributed by atoms with Gasteiger partial charge in [-0.3, -0.25) is 0 Å². The van der Waals surface area contributed by atoms with Gasteiger partial charge in [0.2, 0.25) is 0 Å². The van der Waals surface area contributed by atoms with Gasteiger partial charge in [-0.25, -0.2) is 8.78 Å². The third kappa shape index (κ3) is 3.24. The Labute approximate surface area is 119 Å². The summed E-state index contributed by atoms with van der Waals surface area (Å²) < 4.78 is 26.4. The molecule has 0 aliphatic rings. The topological polar surface area (TPSA) is 0 Å². The van der Waals surface area contributed by atoms with E-state index >= 15 is 0 Å². The Balaban J connectivity index is 2.38. The molecule has 0 saturated heterocycles. The predicted molar refractivity (Wildman–Crippen MR) is 80.1 cm³/mol. The molecule has 0 fully saturated rings. The Morgan fingerprint density at radius 2 is 1.30 bits per heavy atom. The standard InChI is InChI=1S/C18H20F2/c1-17(2,3)16-7-5-6-14(12-16)13-8-10-15(11-9-13)18(4,19)20/h5-12H,1-4H3. The fourth-order valence-corrected chi connectivity index (χ4v) is 2.12. The van der Waals surface area contributed by atoms with Gasteiger partial charge < -0.3 is 0 Å². The third-order valence-corrected chi connectivity index (χ3v) is 3.45. The molecular formula is C18H20F2. The molecule has 0 radical (unpaired) electrons. The Kier molecular flexibility index (Phi) is 3.68. The molecule has 20 heavy (non-hydrogen) atoms. The molecule has 0 unspecified atom stereocenters. The van der Waals surface area contributed by atoms with E-state index in [1.54, 1.807) is 12.1 Å². The van der Waals surface area contributed by atoms with E-state index in [9.17, 15) is 8.78 Å². The van der Waals surface area contributed by atoms with Crippen LogP contribution in [0.25, 0.3) is 11.1 Å². The van der Waals surface area contributed by atoms with Gasteiger partial charge in [-0.1, -0.05) is 69.3 Å². The molecule has 0 nitrogen and oxygen atoms in total. The first-order valence-corrected chi connectivity index (χ1v) is 6.77. The van der Waals surface area contributed by atoms with Crippen LogP contribution in [0.3, 0.4) is 0 Å². The molecule has 0 bridgehead atoms. The number of hydrogen-bond acceptors (Lipinski definition) is 0. The first-order chi connectivity index (χ1) is 9.18. The van der Waals surface area contributed by atoms with Crippen molar-refractivity contribution < 1.29 is 8.78 Å². The molecule has 2 aromatic rings. The van der Waals surface area contributed by atoms with Crippen LogP contribution in [0.4, 0.5) is 8.78 Å². The van der Waals surface area contributed by atoms with E-state index in [4.69, 9.17) is 0 Å². The van der Waals surface area contributed by atoms with E-state index in [1.165, 1.54) is 17.7 Å². The normalized spacial score (nSPS) is 12.5. The van der Waals surface area contributed by atoms with Crippen LogP contribution in [0.5, 0.6) is 0 Å². The van der Waals surface area contributed by atoms with Crippen molar-refractivity contribution >= 4 is 0 Å². The molecule has 0 aromatic heterocycles. The molecule has 0 aliphatic heterocycles. The average Bonchev–Trinajstić information content (AvgIpc) is 2.37. The zero-order valence-corrected chi connectivity index (χ0v) is 12.4. The summed E-state index contributed by atoms with van der Waals surface area (Å²) in [6.07, 6.45) is 0. The lowest BCUT2D eigenvalue weighted by molar-refractivity contribution is 0.0175. The van der Waals surface area contributed by atoms with Crippen LogP contribution in [0.2, 0.25) is 0 Å². The smallest absolute Gasteiger partial charge is 0.202 e. The number of benzene rings is 2. The van der Waals surface area contributed by atoms with E-state index in [1.807, 2.05) is 12.1 Å². The molecule has 0 N–H and O–H groups in total.